The van der Waals surface area contributed by atoms with Gasteiger partial charge in [-0.1, -0.05) is 66.7 Å². The molecule has 0 spiro atoms. The highest BCUT2D eigenvalue weighted by Gasteiger charge is 2.63. The van der Waals surface area contributed by atoms with Crippen LogP contribution in [0.25, 0.3) is 0 Å². The molecule has 4 aromatic rings. The van der Waals surface area contributed by atoms with E-state index in [4.69, 9.17) is 9.47 Å². The first-order valence-corrected chi connectivity index (χ1v) is 13.6. The van der Waals surface area contributed by atoms with E-state index in [0.717, 1.165) is 4.90 Å². The van der Waals surface area contributed by atoms with E-state index in [-0.39, 0.29) is 17.2 Å². The molecule has 0 bridgehead atoms. The van der Waals surface area contributed by atoms with Crippen molar-refractivity contribution in [2.45, 2.75) is 18.0 Å². The maximum Gasteiger partial charge on any atom is 0.332 e. The van der Waals surface area contributed by atoms with Gasteiger partial charge in [0.1, 0.15) is 11.8 Å². The van der Waals surface area contributed by atoms with Crippen molar-refractivity contribution >= 4 is 29.1 Å². The van der Waals surface area contributed by atoms with Crippen molar-refractivity contribution in [3.05, 3.63) is 130 Å². The Morgan fingerprint density at radius 2 is 1.44 bits per heavy atom. The summed E-state index contributed by atoms with van der Waals surface area (Å²) in [5, 5.41) is 12.0. The smallest absolute Gasteiger partial charge is 0.332 e. The first-order chi connectivity index (χ1) is 20.8. The van der Waals surface area contributed by atoms with E-state index in [9.17, 15) is 24.5 Å². The molecule has 0 N–H and O–H groups in total. The van der Waals surface area contributed by atoms with Crippen molar-refractivity contribution in [2.75, 3.05) is 19.1 Å². The minimum atomic E-state index is -1.04. The average molecular weight is 578 g/mol. The minimum Gasteiger partial charge on any atom is -0.497 e. The van der Waals surface area contributed by atoms with Crippen LogP contribution in [0.1, 0.15) is 33.4 Å². The predicted molar refractivity (Wildman–Crippen MR) is 157 cm³/mol. The molecule has 2 saturated heterocycles. The summed E-state index contributed by atoms with van der Waals surface area (Å²) in [6.07, 6.45) is 0. The van der Waals surface area contributed by atoms with E-state index >= 15 is 0 Å². The molecule has 10 nitrogen and oxygen atoms in total. The predicted octanol–water partition coefficient (Wildman–Crippen LogP) is 5.79. The average Bonchev–Trinajstić information content (AvgIpc) is 3.53. The number of urea groups is 1. The monoisotopic (exact) mass is 577 g/mol. The van der Waals surface area contributed by atoms with Crippen LogP contribution in [0.2, 0.25) is 0 Å². The lowest BCUT2D eigenvalue weighted by molar-refractivity contribution is -0.385. The Labute approximate surface area is 247 Å². The first-order valence-electron chi connectivity index (χ1n) is 13.6. The zero-order valence-corrected chi connectivity index (χ0v) is 23.3. The number of nitrogens with zero attached hydrogens (tertiary/aromatic N) is 3. The van der Waals surface area contributed by atoms with Crippen LogP contribution in [-0.2, 0) is 4.79 Å². The third kappa shape index (κ3) is 4.57. The number of anilines is 1. The number of methoxy groups -OCH3 is 2. The number of benzene rings is 4. The number of carbonyl (C=O) groups excluding carboxylic acids is 3. The minimum absolute atomic E-state index is 0.0394. The van der Waals surface area contributed by atoms with Gasteiger partial charge in [0.15, 0.2) is 11.5 Å². The highest BCUT2D eigenvalue weighted by atomic mass is 16.6. The molecule has 2 aliphatic heterocycles. The number of ketones is 1. The number of amides is 3. The molecule has 6 rings (SSSR count). The Kier molecular flexibility index (Phi) is 7.11. The number of nitro benzene ring substituents is 1. The summed E-state index contributed by atoms with van der Waals surface area (Å²) in [4.78, 5) is 56.9. The fraction of sp³-hybridized carbons (Fsp3) is 0.182. The fourth-order valence-electron chi connectivity index (χ4n) is 6.30. The summed E-state index contributed by atoms with van der Waals surface area (Å²) in [5.41, 5.74) is 1.51. The van der Waals surface area contributed by atoms with Crippen molar-refractivity contribution in [2.24, 2.45) is 5.92 Å². The molecular formula is C33H27N3O7. The van der Waals surface area contributed by atoms with Gasteiger partial charge in [0.2, 0.25) is 0 Å². The molecule has 2 aliphatic rings. The molecule has 4 unspecified atom stereocenters. The molecule has 0 aliphatic carbocycles. The van der Waals surface area contributed by atoms with Crippen LogP contribution < -0.4 is 14.4 Å². The van der Waals surface area contributed by atoms with Crippen molar-refractivity contribution < 1.29 is 28.8 Å². The van der Waals surface area contributed by atoms with Crippen molar-refractivity contribution in [1.82, 2.24) is 4.90 Å². The lowest BCUT2D eigenvalue weighted by atomic mass is 9.75. The molecule has 43 heavy (non-hydrogen) atoms. The summed E-state index contributed by atoms with van der Waals surface area (Å²) >= 11 is 0. The molecule has 216 valence electrons. The number of ether oxygens (including phenoxy) is 2. The van der Waals surface area contributed by atoms with E-state index < -0.39 is 40.8 Å². The summed E-state index contributed by atoms with van der Waals surface area (Å²) in [7, 11) is 2.85. The zero-order valence-electron chi connectivity index (χ0n) is 23.3. The van der Waals surface area contributed by atoms with Crippen LogP contribution in [0.5, 0.6) is 11.5 Å². The van der Waals surface area contributed by atoms with Crippen LogP contribution in [0.3, 0.4) is 0 Å². The van der Waals surface area contributed by atoms with Gasteiger partial charge in [0.25, 0.3) is 5.91 Å². The molecular weight excluding hydrogens is 550 g/mol. The van der Waals surface area contributed by atoms with E-state index in [1.165, 1.54) is 31.3 Å². The lowest BCUT2D eigenvalue weighted by Gasteiger charge is -2.29. The maximum atomic E-state index is 14.4. The van der Waals surface area contributed by atoms with Gasteiger partial charge < -0.3 is 14.4 Å². The maximum absolute atomic E-state index is 14.4. The SMILES string of the molecule is COc1ccc(N2C(=O)C3C(c4ccccc4)C(C(=O)c4ccccc4)C(c4ccc(OC)c([N+](=O)[O-])c4)N3C2=O)cc1. The number of hydrogen-bond donors (Lipinski definition) is 0. The van der Waals surface area contributed by atoms with Crippen molar-refractivity contribution in [1.29, 1.82) is 0 Å². The third-order valence-corrected chi connectivity index (χ3v) is 8.17. The molecule has 4 aromatic carbocycles. The van der Waals surface area contributed by atoms with Gasteiger partial charge in [0, 0.05) is 17.5 Å². The molecule has 0 radical (unpaired) electrons. The molecule has 2 heterocycles. The molecule has 0 aromatic heterocycles. The second-order valence-corrected chi connectivity index (χ2v) is 10.3. The number of Topliss-reactive ketones (excluding diaryl/α,β-unsaturated/α-hetero) is 1. The molecule has 4 atom stereocenters. The first kappa shape index (κ1) is 27.6. The second kappa shape index (κ2) is 11.1. The number of hydrogen-bond acceptors (Lipinski definition) is 7. The third-order valence-electron chi connectivity index (χ3n) is 8.17. The summed E-state index contributed by atoms with van der Waals surface area (Å²) in [6, 6.07) is 26.1. The zero-order chi connectivity index (χ0) is 30.2. The summed E-state index contributed by atoms with van der Waals surface area (Å²) < 4.78 is 10.5. The highest BCUT2D eigenvalue weighted by Crippen LogP contribution is 2.55. The molecule has 3 amide bonds. The standard InChI is InChI=1S/C33H27N3O7/c1-42-24-16-14-23(15-17-24)34-32(38)30-27(20-9-5-3-6-10-20)28(31(37)21-11-7-4-8-12-21)29(35(30)33(34)39)22-13-18-26(43-2)25(19-22)36(40)41/h3-19,27-30H,1-2H3. The van der Waals surface area contributed by atoms with Gasteiger partial charge in [-0.2, -0.15) is 0 Å². The number of carbonyl (C=O) groups is 3. The van der Waals surface area contributed by atoms with Crippen LogP contribution >= 0.6 is 0 Å². The summed E-state index contributed by atoms with van der Waals surface area (Å²) in [5.74, 6) is -1.82. The quantitative estimate of drug-likeness (QED) is 0.113. The fourth-order valence-corrected chi connectivity index (χ4v) is 6.30. The Hall–Kier alpha value is -5.51. The van der Waals surface area contributed by atoms with Gasteiger partial charge in [-0.3, -0.25) is 19.7 Å². The highest BCUT2D eigenvalue weighted by molar-refractivity contribution is 6.23. The molecule has 0 saturated carbocycles. The number of rotatable bonds is 8. The number of nitro groups is 1. The number of imide groups is 1. The Morgan fingerprint density at radius 3 is 2.05 bits per heavy atom. The van der Waals surface area contributed by atoms with Crippen LogP contribution in [0, 0.1) is 16.0 Å². The van der Waals surface area contributed by atoms with Crippen molar-refractivity contribution in [3.63, 3.8) is 0 Å². The Morgan fingerprint density at radius 1 is 0.791 bits per heavy atom. The van der Waals surface area contributed by atoms with Gasteiger partial charge >= 0.3 is 11.7 Å². The van der Waals surface area contributed by atoms with Gasteiger partial charge in [-0.15, -0.1) is 0 Å². The van der Waals surface area contributed by atoms with E-state index in [1.54, 1.807) is 60.7 Å². The topological polar surface area (TPSA) is 119 Å². The van der Waals surface area contributed by atoms with E-state index in [1.807, 2.05) is 30.3 Å². The van der Waals surface area contributed by atoms with Gasteiger partial charge in [-0.25, -0.2) is 9.69 Å². The lowest BCUT2D eigenvalue weighted by Crippen LogP contribution is -2.38. The largest absolute Gasteiger partial charge is 0.497 e. The van der Waals surface area contributed by atoms with Gasteiger partial charge in [-0.05, 0) is 41.5 Å². The second-order valence-electron chi connectivity index (χ2n) is 10.3. The van der Waals surface area contributed by atoms with Crippen LogP contribution in [0.15, 0.2) is 103 Å². The molecule has 2 fully saturated rings. The van der Waals surface area contributed by atoms with Crippen LogP contribution in [-0.4, -0.2) is 47.8 Å². The van der Waals surface area contributed by atoms with E-state index in [2.05, 4.69) is 0 Å². The van der Waals surface area contributed by atoms with Crippen LogP contribution in [0.4, 0.5) is 16.2 Å². The number of fused-ring (bicyclic) bond motifs is 1. The summed E-state index contributed by atoms with van der Waals surface area (Å²) in [6.45, 7) is 0. The van der Waals surface area contributed by atoms with E-state index in [0.29, 0.717) is 28.1 Å². The van der Waals surface area contributed by atoms with Gasteiger partial charge in [0.05, 0.1) is 36.8 Å². The van der Waals surface area contributed by atoms with Crippen molar-refractivity contribution in [3.8, 4) is 11.5 Å². The normalized spacial score (nSPS) is 21.1. The Balaban J connectivity index is 1.57. The molecule has 10 heteroatoms. The Bertz CT molecular complexity index is 1710.